The number of benzene rings is 2. The molecule has 0 bridgehead atoms. The van der Waals surface area contributed by atoms with E-state index in [0.717, 1.165) is 6.07 Å². The summed E-state index contributed by atoms with van der Waals surface area (Å²) in [6.45, 7) is -1.07. The van der Waals surface area contributed by atoms with Crippen LogP contribution in [0.4, 0.5) is 39.5 Å². The van der Waals surface area contributed by atoms with Crippen LogP contribution in [-0.4, -0.2) is 14.8 Å². The van der Waals surface area contributed by atoms with Gasteiger partial charge in [0.1, 0.15) is 4.90 Å². The van der Waals surface area contributed by atoms with Crippen LogP contribution in [0.2, 0.25) is 0 Å². The Morgan fingerprint density at radius 2 is 1.35 bits per heavy atom. The van der Waals surface area contributed by atoms with E-state index >= 15 is 0 Å². The third-order valence-corrected chi connectivity index (χ3v) is 5.47. The molecule has 0 fully saturated rings. The molecule has 0 heterocycles. The lowest BCUT2D eigenvalue weighted by Gasteiger charge is -2.16. The van der Waals surface area contributed by atoms with Crippen molar-refractivity contribution in [2.75, 3.05) is 0 Å². The Kier molecular flexibility index (Phi) is 6.93. The van der Waals surface area contributed by atoms with Gasteiger partial charge in [-0.1, -0.05) is 15.9 Å². The molecule has 0 amide bonds. The highest BCUT2D eigenvalue weighted by molar-refractivity contribution is 9.10. The molecular weight excluding hydrogens is 537 g/mol. The summed E-state index contributed by atoms with van der Waals surface area (Å²) in [7, 11) is -4.83. The van der Waals surface area contributed by atoms with E-state index in [9.17, 15) is 47.9 Å². The Balaban J connectivity index is 2.41. The molecule has 172 valence electrons. The van der Waals surface area contributed by atoms with Crippen LogP contribution >= 0.6 is 15.9 Å². The summed E-state index contributed by atoms with van der Waals surface area (Å²) in [6, 6.07) is 2.85. The molecule has 2 aromatic rings. The third-order valence-electron chi connectivity index (χ3n) is 3.53. The molecule has 2 rings (SSSR count). The molecule has 0 aliphatic heterocycles. The van der Waals surface area contributed by atoms with Crippen molar-refractivity contribution in [2.24, 2.45) is 0 Å². The van der Waals surface area contributed by atoms with Crippen molar-refractivity contribution >= 4 is 26.0 Å². The van der Waals surface area contributed by atoms with Crippen molar-refractivity contribution in [2.45, 2.75) is 30.2 Å². The van der Waals surface area contributed by atoms with Crippen molar-refractivity contribution in [3.63, 3.8) is 0 Å². The molecule has 15 heteroatoms. The van der Waals surface area contributed by atoms with E-state index in [0.29, 0.717) is 12.1 Å². The van der Waals surface area contributed by atoms with Gasteiger partial charge in [-0.05, 0) is 42.0 Å². The van der Waals surface area contributed by atoms with Gasteiger partial charge in [0.15, 0.2) is 5.75 Å². The zero-order valence-electron chi connectivity index (χ0n) is 14.6. The second-order valence-electron chi connectivity index (χ2n) is 5.88. The van der Waals surface area contributed by atoms with E-state index < -0.39 is 62.6 Å². The summed E-state index contributed by atoms with van der Waals surface area (Å²) in [5.41, 5.74) is -4.08. The fourth-order valence-corrected chi connectivity index (χ4v) is 3.75. The second-order valence-corrected chi connectivity index (χ2v) is 8.53. The maximum atomic E-state index is 12.9. The minimum Gasteiger partial charge on any atom is -0.404 e. The lowest BCUT2D eigenvalue weighted by Crippen LogP contribution is -2.26. The van der Waals surface area contributed by atoms with Crippen LogP contribution in [0.15, 0.2) is 45.8 Å². The molecule has 0 atom stereocenters. The summed E-state index contributed by atoms with van der Waals surface area (Å²) in [6.07, 6.45) is -15.6. The molecule has 2 aromatic carbocycles. The molecule has 0 radical (unpaired) electrons. The highest BCUT2D eigenvalue weighted by Gasteiger charge is 2.37. The van der Waals surface area contributed by atoms with Gasteiger partial charge in [0, 0.05) is 11.0 Å². The normalized spacial score (nSPS) is 13.4. The summed E-state index contributed by atoms with van der Waals surface area (Å²) < 4.78 is 145. The molecule has 0 aliphatic rings. The molecule has 0 unspecified atom stereocenters. The average Bonchev–Trinajstić information content (AvgIpc) is 2.56. The van der Waals surface area contributed by atoms with Gasteiger partial charge in [-0.25, -0.2) is 13.1 Å². The standard InChI is InChI=1S/C16H9BrF9NO3S/c17-11-1-2-13(12(6-11)30-16(24,25)26)31(28,29)27-7-8-3-9(14(18,19)20)5-10(4-8)15(21,22)23/h1-6,27H,7H2. The van der Waals surface area contributed by atoms with E-state index in [2.05, 4.69) is 20.7 Å². The third kappa shape index (κ3) is 7.00. The summed E-state index contributed by atoms with van der Waals surface area (Å²) in [5, 5.41) is 0. The van der Waals surface area contributed by atoms with Gasteiger partial charge >= 0.3 is 18.7 Å². The molecular formula is C16H9BrF9NO3S. The number of ether oxygens (including phenoxy) is 1. The van der Waals surface area contributed by atoms with Crippen molar-refractivity contribution in [3.8, 4) is 5.75 Å². The smallest absolute Gasteiger partial charge is 0.404 e. The number of nitrogens with one attached hydrogen (secondary N) is 1. The van der Waals surface area contributed by atoms with Crippen LogP contribution in [0.5, 0.6) is 5.75 Å². The molecule has 0 saturated heterocycles. The van der Waals surface area contributed by atoms with Gasteiger partial charge < -0.3 is 4.74 Å². The van der Waals surface area contributed by atoms with E-state index in [1.165, 1.54) is 0 Å². The van der Waals surface area contributed by atoms with Crippen molar-refractivity contribution in [1.82, 2.24) is 4.72 Å². The first-order chi connectivity index (χ1) is 13.9. The summed E-state index contributed by atoms with van der Waals surface area (Å²) >= 11 is 2.82. The Morgan fingerprint density at radius 1 is 0.839 bits per heavy atom. The first-order valence-corrected chi connectivity index (χ1v) is 9.99. The molecule has 0 aromatic heterocycles. The molecule has 4 nitrogen and oxygen atoms in total. The SMILES string of the molecule is O=S(=O)(NCc1cc(C(F)(F)F)cc(C(F)(F)F)c1)c1ccc(Br)cc1OC(F)(F)F. The first-order valence-electron chi connectivity index (χ1n) is 7.72. The Morgan fingerprint density at radius 3 is 1.81 bits per heavy atom. The minimum absolute atomic E-state index is 0.0124. The number of sulfonamides is 1. The fraction of sp³-hybridized carbons (Fsp3) is 0.250. The van der Waals surface area contributed by atoms with Gasteiger partial charge in [-0.2, -0.15) is 26.3 Å². The predicted octanol–water partition coefficient (Wildman–Crippen LogP) is 5.86. The lowest BCUT2D eigenvalue weighted by molar-refractivity contribution is -0.275. The largest absolute Gasteiger partial charge is 0.573 e. The van der Waals surface area contributed by atoms with Crippen LogP contribution in [0.1, 0.15) is 16.7 Å². The van der Waals surface area contributed by atoms with E-state index in [4.69, 9.17) is 0 Å². The lowest BCUT2D eigenvalue weighted by atomic mass is 10.0. The molecule has 31 heavy (non-hydrogen) atoms. The molecule has 0 spiro atoms. The van der Waals surface area contributed by atoms with Crippen LogP contribution in [-0.2, 0) is 28.9 Å². The topological polar surface area (TPSA) is 55.4 Å². The second kappa shape index (κ2) is 8.50. The number of rotatable bonds is 5. The maximum Gasteiger partial charge on any atom is 0.573 e. The van der Waals surface area contributed by atoms with Gasteiger partial charge in [0.05, 0.1) is 11.1 Å². The molecule has 0 saturated carbocycles. The van der Waals surface area contributed by atoms with Crippen LogP contribution in [0.25, 0.3) is 0 Å². The predicted molar refractivity (Wildman–Crippen MR) is 91.3 cm³/mol. The monoisotopic (exact) mass is 545 g/mol. The van der Waals surface area contributed by atoms with E-state index in [1.807, 2.05) is 0 Å². The van der Waals surface area contributed by atoms with Crippen molar-refractivity contribution in [3.05, 3.63) is 57.6 Å². The fourth-order valence-electron chi connectivity index (χ4n) is 2.29. The van der Waals surface area contributed by atoms with E-state index in [1.54, 1.807) is 4.72 Å². The Bertz CT molecular complexity index is 1030. The van der Waals surface area contributed by atoms with Crippen LogP contribution in [0, 0.1) is 0 Å². The van der Waals surface area contributed by atoms with Gasteiger partial charge in [0.25, 0.3) is 0 Å². The van der Waals surface area contributed by atoms with Crippen LogP contribution in [0.3, 0.4) is 0 Å². The quantitative estimate of drug-likeness (QED) is 0.478. The zero-order chi connectivity index (χ0) is 23.8. The maximum absolute atomic E-state index is 12.9. The Hall–Kier alpha value is -2.00. The van der Waals surface area contributed by atoms with E-state index in [-0.39, 0.29) is 22.7 Å². The molecule has 0 aliphatic carbocycles. The zero-order valence-corrected chi connectivity index (χ0v) is 17.0. The van der Waals surface area contributed by atoms with Gasteiger partial charge in [-0.15, -0.1) is 13.2 Å². The number of hydrogen-bond acceptors (Lipinski definition) is 3. The summed E-state index contributed by atoms with van der Waals surface area (Å²) in [5.74, 6) is -1.16. The highest BCUT2D eigenvalue weighted by Crippen LogP contribution is 2.37. The average molecular weight is 546 g/mol. The highest BCUT2D eigenvalue weighted by atomic mass is 79.9. The Labute approximate surface area is 177 Å². The van der Waals surface area contributed by atoms with Gasteiger partial charge in [0.2, 0.25) is 10.0 Å². The summed E-state index contributed by atoms with van der Waals surface area (Å²) in [4.78, 5) is -1.03. The van der Waals surface area contributed by atoms with Crippen molar-refractivity contribution < 1.29 is 52.7 Å². The van der Waals surface area contributed by atoms with Gasteiger partial charge in [-0.3, -0.25) is 0 Å². The number of alkyl halides is 9. The number of hydrogen-bond donors (Lipinski definition) is 1. The van der Waals surface area contributed by atoms with Crippen molar-refractivity contribution in [1.29, 1.82) is 0 Å². The van der Waals surface area contributed by atoms with Crippen LogP contribution < -0.4 is 9.46 Å². The number of halogens is 10. The minimum atomic E-state index is -5.27. The molecule has 1 N–H and O–H groups in total. The first kappa shape index (κ1) is 25.3.